The predicted octanol–water partition coefficient (Wildman–Crippen LogP) is 5.31. The SMILES string of the molecule is Cc1nc(N2CCN(Cc3ccc(Cl)cc3Cl)CC2)c2oc3ccccc3c2n1. The maximum atomic E-state index is 6.34. The first kappa shape index (κ1) is 18.7. The molecular weight excluding hydrogens is 407 g/mol. The molecule has 0 radical (unpaired) electrons. The third kappa shape index (κ3) is 3.54. The van der Waals surface area contributed by atoms with E-state index in [9.17, 15) is 0 Å². The minimum absolute atomic E-state index is 0.664. The number of rotatable bonds is 3. The molecule has 1 saturated heterocycles. The van der Waals surface area contributed by atoms with Crippen molar-refractivity contribution in [1.29, 1.82) is 0 Å². The van der Waals surface area contributed by atoms with Crippen molar-refractivity contribution in [3.63, 3.8) is 0 Å². The maximum Gasteiger partial charge on any atom is 0.196 e. The molecule has 0 aliphatic carbocycles. The topological polar surface area (TPSA) is 45.4 Å². The zero-order valence-corrected chi connectivity index (χ0v) is 17.5. The fourth-order valence-electron chi connectivity index (χ4n) is 3.91. The number of benzene rings is 2. The van der Waals surface area contributed by atoms with Crippen LogP contribution in [0.1, 0.15) is 11.4 Å². The molecule has 0 bridgehead atoms. The van der Waals surface area contributed by atoms with Gasteiger partial charge in [0.05, 0.1) is 0 Å². The molecule has 0 amide bonds. The first-order valence-electron chi connectivity index (χ1n) is 9.65. The van der Waals surface area contributed by atoms with Crippen molar-refractivity contribution in [2.45, 2.75) is 13.5 Å². The average Bonchev–Trinajstić information content (AvgIpc) is 3.09. The van der Waals surface area contributed by atoms with E-state index in [4.69, 9.17) is 32.6 Å². The number of fused-ring (bicyclic) bond motifs is 3. The van der Waals surface area contributed by atoms with E-state index in [-0.39, 0.29) is 0 Å². The summed E-state index contributed by atoms with van der Waals surface area (Å²) in [7, 11) is 0. The standard InChI is InChI=1S/C22H20Cl2N4O/c1-14-25-20-17-4-2-3-5-19(17)29-21(20)22(26-14)28-10-8-27(9-11-28)13-15-6-7-16(23)12-18(15)24/h2-7,12H,8-11,13H2,1H3. The number of hydrogen-bond acceptors (Lipinski definition) is 5. The third-order valence-corrected chi connectivity index (χ3v) is 5.98. The molecule has 0 atom stereocenters. The van der Waals surface area contributed by atoms with Gasteiger partial charge >= 0.3 is 0 Å². The van der Waals surface area contributed by atoms with Gasteiger partial charge in [0.2, 0.25) is 0 Å². The van der Waals surface area contributed by atoms with Gasteiger partial charge in [0.15, 0.2) is 11.4 Å². The summed E-state index contributed by atoms with van der Waals surface area (Å²) in [6.45, 7) is 6.32. The minimum Gasteiger partial charge on any atom is -0.450 e. The third-order valence-electron chi connectivity index (χ3n) is 5.39. The molecule has 1 fully saturated rings. The van der Waals surface area contributed by atoms with Crippen LogP contribution in [0.2, 0.25) is 10.0 Å². The van der Waals surface area contributed by atoms with Crippen LogP contribution < -0.4 is 4.90 Å². The second kappa shape index (κ2) is 7.48. The lowest BCUT2D eigenvalue weighted by atomic mass is 10.2. The van der Waals surface area contributed by atoms with Crippen LogP contribution >= 0.6 is 23.2 Å². The Hall–Kier alpha value is -2.34. The summed E-state index contributed by atoms with van der Waals surface area (Å²) in [4.78, 5) is 14.0. The van der Waals surface area contributed by atoms with E-state index < -0.39 is 0 Å². The summed E-state index contributed by atoms with van der Waals surface area (Å²) in [5.41, 5.74) is 3.60. The summed E-state index contributed by atoms with van der Waals surface area (Å²) in [5.74, 6) is 1.64. The van der Waals surface area contributed by atoms with Gasteiger partial charge in [-0.05, 0) is 36.8 Å². The van der Waals surface area contributed by atoms with Gasteiger partial charge in [0.25, 0.3) is 0 Å². The lowest BCUT2D eigenvalue weighted by molar-refractivity contribution is 0.249. The minimum atomic E-state index is 0.664. The Morgan fingerprint density at radius 2 is 1.79 bits per heavy atom. The van der Waals surface area contributed by atoms with Crippen molar-refractivity contribution in [3.8, 4) is 0 Å². The van der Waals surface area contributed by atoms with E-state index in [1.165, 1.54) is 0 Å². The molecule has 5 rings (SSSR count). The zero-order chi connectivity index (χ0) is 20.0. The predicted molar refractivity (Wildman–Crippen MR) is 118 cm³/mol. The normalized spacial score (nSPS) is 15.5. The van der Waals surface area contributed by atoms with Crippen LogP contribution in [0.25, 0.3) is 22.1 Å². The first-order chi connectivity index (χ1) is 14.1. The van der Waals surface area contributed by atoms with E-state index in [0.29, 0.717) is 5.02 Å². The van der Waals surface area contributed by atoms with Gasteiger partial charge < -0.3 is 9.32 Å². The van der Waals surface area contributed by atoms with Gasteiger partial charge in [-0.15, -0.1) is 0 Å². The van der Waals surface area contributed by atoms with Crippen LogP contribution in [0.15, 0.2) is 46.9 Å². The van der Waals surface area contributed by atoms with Crippen molar-refractivity contribution in [2.24, 2.45) is 0 Å². The molecule has 3 heterocycles. The van der Waals surface area contributed by atoms with E-state index in [0.717, 1.165) is 77.0 Å². The van der Waals surface area contributed by atoms with E-state index in [1.807, 2.05) is 43.3 Å². The van der Waals surface area contributed by atoms with Gasteiger partial charge in [-0.25, -0.2) is 9.97 Å². The first-order valence-corrected chi connectivity index (χ1v) is 10.4. The Kier molecular flexibility index (Phi) is 4.82. The van der Waals surface area contributed by atoms with E-state index in [2.05, 4.69) is 14.8 Å². The summed E-state index contributed by atoms with van der Waals surface area (Å²) in [5, 5.41) is 2.41. The number of aryl methyl sites for hydroxylation is 1. The molecule has 0 spiro atoms. The van der Waals surface area contributed by atoms with Crippen LogP contribution in [0.4, 0.5) is 5.82 Å². The number of piperazine rings is 1. The van der Waals surface area contributed by atoms with Gasteiger partial charge in [0, 0.05) is 48.2 Å². The highest BCUT2D eigenvalue weighted by atomic mass is 35.5. The summed E-state index contributed by atoms with van der Waals surface area (Å²) >= 11 is 12.4. The molecule has 1 aliphatic heterocycles. The van der Waals surface area contributed by atoms with Crippen LogP contribution in [0, 0.1) is 6.92 Å². The summed E-state index contributed by atoms with van der Waals surface area (Å²) < 4.78 is 6.13. The number of anilines is 1. The zero-order valence-electron chi connectivity index (χ0n) is 16.0. The Balaban J connectivity index is 1.38. The van der Waals surface area contributed by atoms with E-state index in [1.54, 1.807) is 6.07 Å². The Labute approximate surface area is 178 Å². The molecule has 29 heavy (non-hydrogen) atoms. The lowest BCUT2D eigenvalue weighted by Crippen LogP contribution is -2.46. The lowest BCUT2D eigenvalue weighted by Gasteiger charge is -2.35. The number of nitrogens with zero attached hydrogens (tertiary/aromatic N) is 4. The molecular formula is C22H20Cl2N4O. The summed E-state index contributed by atoms with van der Waals surface area (Å²) in [6.07, 6.45) is 0. The highest BCUT2D eigenvalue weighted by molar-refractivity contribution is 6.35. The molecule has 148 valence electrons. The smallest absolute Gasteiger partial charge is 0.196 e. The van der Waals surface area contributed by atoms with Crippen molar-refractivity contribution in [2.75, 3.05) is 31.1 Å². The van der Waals surface area contributed by atoms with Gasteiger partial charge in [-0.1, -0.05) is 41.4 Å². The van der Waals surface area contributed by atoms with Crippen molar-refractivity contribution < 1.29 is 4.42 Å². The van der Waals surface area contributed by atoms with Gasteiger partial charge in [-0.2, -0.15) is 0 Å². The average molecular weight is 427 g/mol. The van der Waals surface area contributed by atoms with Crippen molar-refractivity contribution >= 4 is 51.1 Å². The van der Waals surface area contributed by atoms with Gasteiger partial charge in [-0.3, -0.25) is 4.90 Å². The second-order valence-electron chi connectivity index (χ2n) is 7.37. The Bertz CT molecular complexity index is 1200. The maximum absolute atomic E-state index is 6.34. The van der Waals surface area contributed by atoms with E-state index >= 15 is 0 Å². The molecule has 4 aromatic rings. The van der Waals surface area contributed by atoms with Crippen LogP contribution in [-0.4, -0.2) is 41.0 Å². The number of furan rings is 1. The van der Waals surface area contributed by atoms with Crippen molar-refractivity contribution in [1.82, 2.24) is 14.9 Å². The molecule has 2 aromatic heterocycles. The highest BCUT2D eigenvalue weighted by Crippen LogP contribution is 2.33. The number of aromatic nitrogens is 2. The molecule has 7 heteroatoms. The molecule has 2 aromatic carbocycles. The monoisotopic (exact) mass is 426 g/mol. The molecule has 5 nitrogen and oxygen atoms in total. The Morgan fingerprint density at radius 1 is 1.00 bits per heavy atom. The fourth-order valence-corrected chi connectivity index (χ4v) is 4.38. The van der Waals surface area contributed by atoms with Gasteiger partial charge in [0.1, 0.15) is 16.9 Å². The molecule has 1 aliphatic rings. The van der Waals surface area contributed by atoms with Crippen molar-refractivity contribution in [3.05, 3.63) is 63.9 Å². The number of hydrogen-bond donors (Lipinski definition) is 0. The van der Waals surface area contributed by atoms with Crippen LogP contribution in [0.5, 0.6) is 0 Å². The molecule has 0 saturated carbocycles. The highest BCUT2D eigenvalue weighted by Gasteiger charge is 2.23. The van der Waals surface area contributed by atoms with Crippen LogP contribution in [0.3, 0.4) is 0 Å². The number of para-hydroxylation sites is 1. The second-order valence-corrected chi connectivity index (χ2v) is 8.21. The largest absolute Gasteiger partial charge is 0.450 e. The fraction of sp³-hybridized carbons (Fsp3) is 0.273. The molecule has 0 unspecified atom stereocenters. The quantitative estimate of drug-likeness (QED) is 0.443. The van der Waals surface area contributed by atoms with Crippen LogP contribution in [-0.2, 0) is 6.54 Å². The Morgan fingerprint density at radius 3 is 2.59 bits per heavy atom. The summed E-state index contributed by atoms with van der Waals surface area (Å²) in [6, 6.07) is 13.7. The number of halogens is 2. The molecule has 0 N–H and O–H groups in total.